The predicted molar refractivity (Wildman–Crippen MR) is 79.0 cm³/mol. The van der Waals surface area contributed by atoms with Crippen molar-refractivity contribution in [2.45, 2.75) is 13.5 Å². The van der Waals surface area contributed by atoms with Crippen LogP contribution < -0.4 is 10.6 Å². The van der Waals surface area contributed by atoms with E-state index in [2.05, 4.69) is 10.3 Å². The minimum atomic E-state index is -0.270. The lowest BCUT2D eigenvalue weighted by Crippen LogP contribution is -2.24. The maximum absolute atomic E-state index is 13.8. The Balaban J connectivity index is 2.40. The van der Waals surface area contributed by atoms with E-state index in [9.17, 15) is 4.39 Å². The number of hydrogen-bond acceptors (Lipinski definition) is 4. The van der Waals surface area contributed by atoms with Gasteiger partial charge in [0.2, 0.25) is 0 Å². The van der Waals surface area contributed by atoms with Crippen molar-refractivity contribution in [3.8, 4) is 0 Å². The monoisotopic (exact) mass is 291 g/mol. The predicted octanol–water partition coefficient (Wildman–Crippen LogP) is 1.60. The summed E-state index contributed by atoms with van der Waals surface area (Å²) in [6, 6.07) is 6.57. The molecule has 0 atom stereocenters. The van der Waals surface area contributed by atoms with Crippen LogP contribution in [0.4, 0.5) is 10.2 Å². The Kier molecular flexibility index (Phi) is 4.11. The van der Waals surface area contributed by atoms with Gasteiger partial charge in [0.15, 0.2) is 5.84 Å². The van der Waals surface area contributed by atoms with Crippen molar-refractivity contribution in [1.29, 1.82) is 0 Å². The number of amidine groups is 1. The first-order valence-corrected chi connectivity index (χ1v) is 6.41. The highest BCUT2D eigenvalue weighted by Crippen LogP contribution is 2.24. The molecule has 6 nitrogen and oxygen atoms in total. The molecule has 0 aliphatic heterocycles. The first kappa shape index (κ1) is 14.8. The van der Waals surface area contributed by atoms with Crippen molar-refractivity contribution in [1.82, 2.24) is 9.78 Å². The first-order valence-electron chi connectivity index (χ1n) is 6.41. The van der Waals surface area contributed by atoms with Crippen molar-refractivity contribution in [3.05, 3.63) is 46.9 Å². The molecular weight excluding hydrogens is 273 g/mol. The largest absolute Gasteiger partial charge is 0.409 e. The molecule has 0 aliphatic rings. The molecule has 0 amide bonds. The minimum Gasteiger partial charge on any atom is -0.409 e. The Labute approximate surface area is 122 Å². The zero-order valence-electron chi connectivity index (χ0n) is 12.2. The van der Waals surface area contributed by atoms with Crippen LogP contribution in [0, 0.1) is 12.7 Å². The molecule has 0 spiro atoms. The molecule has 21 heavy (non-hydrogen) atoms. The van der Waals surface area contributed by atoms with Gasteiger partial charge in [0.05, 0.1) is 11.3 Å². The lowest BCUT2D eigenvalue weighted by atomic mass is 10.1. The molecule has 0 saturated carbocycles. The van der Waals surface area contributed by atoms with Crippen molar-refractivity contribution in [2.24, 2.45) is 17.9 Å². The topological polar surface area (TPSA) is 79.7 Å². The maximum Gasteiger partial charge on any atom is 0.175 e. The lowest BCUT2D eigenvalue weighted by Gasteiger charge is -2.21. The number of nitrogens with two attached hydrogens (primary N) is 1. The summed E-state index contributed by atoms with van der Waals surface area (Å²) in [4.78, 5) is 1.81. The van der Waals surface area contributed by atoms with E-state index < -0.39 is 0 Å². The molecule has 0 aliphatic carbocycles. The number of halogens is 1. The highest BCUT2D eigenvalue weighted by Gasteiger charge is 2.21. The van der Waals surface area contributed by atoms with E-state index in [4.69, 9.17) is 10.9 Å². The van der Waals surface area contributed by atoms with Gasteiger partial charge in [-0.2, -0.15) is 5.10 Å². The molecule has 0 unspecified atom stereocenters. The van der Waals surface area contributed by atoms with Crippen molar-refractivity contribution in [2.75, 3.05) is 11.9 Å². The van der Waals surface area contributed by atoms with Gasteiger partial charge in [0, 0.05) is 26.2 Å². The van der Waals surface area contributed by atoms with Crippen LogP contribution in [-0.4, -0.2) is 27.9 Å². The number of benzene rings is 1. The van der Waals surface area contributed by atoms with Crippen LogP contribution in [0.3, 0.4) is 0 Å². The molecule has 1 aromatic carbocycles. The molecule has 3 N–H and O–H groups in total. The SMILES string of the molecule is Cc1nn(C)c(N(C)Cc2ccccc2F)c1C(N)=NO. The first-order chi connectivity index (χ1) is 9.95. The highest BCUT2D eigenvalue weighted by molar-refractivity contribution is 6.02. The second-order valence-corrected chi connectivity index (χ2v) is 4.84. The zero-order valence-corrected chi connectivity index (χ0v) is 12.2. The number of nitrogens with zero attached hydrogens (tertiary/aromatic N) is 4. The van der Waals surface area contributed by atoms with E-state index in [0.717, 1.165) is 0 Å². The molecule has 112 valence electrons. The van der Waals surface area contributed by atoms with E-state index in [1.807, 2.05) is 4.90 Å². The van der Waals surface area contributed by atoms with E-state index >= 15 is 0 Å². The number of aryl methyl sites for hydroxylation is 2. The third-order valence-electron chi connectivity index (χ3n) is 3.28. The third-order valence-corrected chi connectivity index (χ3v) is 3.28. The molecule has 0 saturated heterocycles. The second-order valence-electron chi connectivity index (χ2n) is 4.84. The zero-order chi connectivity index (χ0) is 15.6. The van der Waals surface area contributed by atoms with Gasteiger partial charge in [-0.15, -0.1) is 0 Å². The fourth-order valence-corrected chi connectivity index (χ4v) is 2.39. The molecule has 0 fully saturated rings. The number of rotatable bonds is 4. The highest BCUT2D eigenvalue weighted by atomic mass is 19.1. The molecule has 0 bridgehead atoms. The summed E-state index contributed by atoms with van der Waals surface area (Å²) in [5, 5.41) is 16.2. The Morgan fingerprint density at radius 2 is 2.14 bits per heavy atom. The summed E-state index contributed by atoms with van der Waals surface area (Å²) in [5.41, 5.74) is 7.46. The van der Waals surface area contributed by atoms with Gasteiger partial charge in [0.25, 0.3) is 0 Å². The van der Waals surface area contributed by atoms with Crippen LogP contribution in [0.25, 0.3) is 0 Å². The summed E-state index contributed by atoms with van der Waals surface area (Å²) in [6.07, 6.45) is 0. The molecule has 1 heterocycles. The van der Waals surface area contributed by atoms with Crippen molar-refractivity contribution < 1.29 is 9.60 Å². The van der Waals surface area contributed by atoms with E-state index in [1.165, 1.54) is 6.07 Å². The van der Waals surface area contributed by atoms with Gasteiger partial charge in [-0.3, -0.25) is 4.68 Å². The van der Waals surface area contributed by atoms with E-state index in [-0.39, 0.29) is 11.7 Å². The van der Waals surface area contributed by atoms with Crippen LogP contribution >= 0.6 is 0 Å². The summed E-state index contributed by atoms with van der Waals surface area (Å²) in [6.45, 7) is 2.12. The number of aromatic nitrogens is 2. The molecule has 2 aromatic rings. The van der Waals surface area contributed by atoms with Gasteiger partial charge < -0.3 is 15.8 Å². The van der Waals surface area contributed by atoms with Crippen LogP contribution in [0.15, 0.2) is 29.4 Å². The molecule has 2 rings (SSSR count). The number of anilines is 1. The van der Waals surface area contributed by atoms with Crippen molar-refractivity contribution >= 4 is 11.7 Å². The fraction of sp³-hybridized carbons (Fsp3) is 0.286. The van der Waals surface area contributed by atoms with Gasteiger partial charge in [0.1, 0.15) is 11.6 Å². The van der Waals surface area contributed by atoms with Gasteiger partial charge in [-0.05, 0) is 13.0 Å². The normalized spacial score (nSPS) is 11.7. The average molecular weight is 291 g/mol. The summed E-state index contributed by atoms with van der Waals surface area (Å²) in [7, 11) is 3.56. The fourth-order valence-electron chi connectivity index (χ4n) is 2.39. The number of oxime groups is 1. The smallest absolute Gasteiger partial charge is 0.175 e. The maximum atomic E-state index is 13.8. The van der Waals surface area contributed by atoms with E-state index in [1.54, 1.807) is 43.9 Å². The van der Waals surface area contributed by atoms with E-state index in [0.29, 0.717) is 29.2 Å². The standard InChI is InChI=1S/C14H18FN5O/c1-9-12(13(16)18-21)14(20(3)17-9)19(2)8-10-6-4-5-7-11(10)15/h4-7,21H,8H2,1-3H3,(H2,16,18). The van der Waals surface area contributed by atoms with Crippen LogP contribution in [-0.2, 0) is 13.6 Å². The molecule has 7 heteroatoms. The molecular formula is C14H18FN5O. The average Bonchev–Trinajstić information content (AvgIpc) is 2.75. The number of hydrogen-bond donors (Lipinski definition) is 2. The Morgan fingerprint density at radius 3 is 2.76 bits per heavy atom. The van der Waals surface area contributed by atoms with Crippen LogP contribution in [0.2, 0.25) is 0 Å². The van der Waals surface area contributed by atoms with Crippen LogP contribution in [0.1, 0.15) is 16.8 Å². The second kappa shape index (κ2) is 5.82. The minimum absolute atomic E-state index is 0.0176. The van der Waals surface area contributed by atoms with Gasteiger partial charge in [-0.25, -0.2) is 4.39 Å². The Bertz CT molecular complexity index is 680. The van der Waals surface area contributed by atoms with Crippen LogP contribution in [0.5, 0.6) is 0 Å². The summed E-state index contributed by atoms with van der Waals surface area (Å²) in [5.74, 6) is 0.371. The third kappa shape index (κ3) is 2.81. The Hall–Kier alpha value is -2.57. The summed E-state index contributed by atoms with van der Waals surface area (Å²) >= 11 is 0. The van der Waals surface area contributed by atoms with Gasteiger partial charge in [-0.1, -0.05) is 23.4 Å². The lowest BCUT2D eigenvalue weighted by molar-refractivity contribution is 0.318. The van der Waals surface area contributed by atoms with Crippen molar-refractivity contribution in [3.63, 3.8) is 0 Å². The van der Waals surface area contributed by atoms with Gasteiger partial charge >= 0.3 is 0 Å². The Morgan fingerprint density at radius 1 is 1.48 bits per heavy atom. The molecule has 0 radical (unpaired) electrons. The molecule has 1 aromatic heterocycles. The summed E-state index contributed by atoms with van der Waals surface area (Å²) < 4.78 is 15.4. The quantitative estimate of drug-likeness (QED) is 0.388.